The lowest BCUT2D eigenvalue weighted by molar-refractivity contribution is 0.0988. The molecule has 0 aliphatic carbocycles. The molecule has 1 aromatic rings. The molecule has 1 rings (SSSR count). The number of Topliss-reactive ketones (excluding diaryl/α,β-unsaturated/α-hetero) is 1. The number of carbonyl (C=O) groups excluding carboxylic acids is 1. The lowest BCUT2D eigenvalue weighted by Crippen LogP contribution is -2.17. The summed E-state index contributed by atoms with van der Waals surface area (Å²) in [7, 11) is 1.76. The predicted octanol–water partition coefficient (Wildman–Crippen LogP) is 0.405. The molecule has 70 valence electrons. The van der Waals surface area contributed by atoms with Crippen LogP contribution in [0.1, 0.15) is 10.6 Å². The molecule has 4 nitrogen and oxygen atoms in total. The Kier molecular flexibility index (Phi) is 6.98. The maximum atomic E-state index is 10.9. The Labute approximate surface area is 83.0 Å². The first-order valence-electron chi connectivity index (χ1n) is 2.96. The Morgan fingerprint density at radius 3 is 2.58 bits per heavy atom. The second-order valence-electron chi connectivity index (χ2n) is 1.99. The van der Waals surface area contributed by atoms with Crippen LogP contribution in [-0.4, -0.2) is 21.9 Å². The second-order valence-corrected chi connectivity index (χ2v) is 1.99. The number of rotatable bonds is 2. The van der Waals surface area contributed by atoms with Crippen molar-refractivity contribution < 1.29 is 4.79 Å². The first-order valence-corrected chi connectivity index (χ1v) is 2.96. The second kappa shape index (κ2) is 5.99. The molecule has 6 heteroatoms. The molecule has 0 unspecified atom stereocenters. The lowest BCUT2D eigenvalue weighted by Gasteiger charge is -1.95. The summed E-state index contributed by atoms with van der Waals surface area (Å²) >= 11 is 0. The van der Waals surface area contributed by atoms with Gasteiger partial charge in [-0.3, -0.25) is 4.79 Å². The molecular weight excluding hydrogens is 201 g/mol. The number of nitrogens with two attached hydrogens (primary N) is 1. The highest BCUT2D eigenvalue weighted by molar-refractivity contribution is 5.94. The van der Waals surface area contributed by atoms with Gasteiger partial charge in [-0.05, 0) is 0 Å². The third-order valence-corrected chi connectivity index (χ3v) is 1.26. The molecule has 1 aromatic heterocycles. The zero-order valence-electron chi connectivity index (χ0n) is 6.56. The summed E-state index contributed by atoms with van der Waals surface area (Å²) < 4.78 is 1.65. The van der Waals surface area contributed by atoms with Crippen molar-refractivity contribution in [1.29, 1.82) is 0 Å². The molecular formula is C6H11Cl2N3O. The number of aromatic nitrogens is 2. The summed E-state index contributed by atoms with van der Waals surface area (Å²) in [5, 5.41) is 0. The van der Waals surface area contributed by atoms with Crippen molar-refractivity contribution in [2.24, 2.45) is 12.8 Å². The highest BCUT2D eigenvalue weighted by atomic mass is 35.5. The van der Waals surface area contributed by atoms with E-state index < -0.39 is 0 Å². The fourth-order valence-electron chi connectivity index (χ4n) is 0.726. The van der Waals surface area contributed by atoms with Crippen molar-refractivity contribution in [3.05, 3.63) is 18.2 Å². The molecule has 0 fully saturated rings. The maximum absolute atomic E-state index is 10.9. The molecule has 0 saturated carbocycles. The van der Waals surface area contributed by atoms with Crippen molar-refractivity contribution in [2.45, 2.75) is 0 Å². The van der Waals surface area contributed by atoms with Gasteiger partial charge in [0.05, 0.1) is 6.54 Å². The zero-order valence-corrected chi connectivity index (χ0v) is 8.19. The summed E-state index contributed by atoms with van der Waals surface area (Å²) in [4.78, 5) is 14.7. The van der Waals surface area contributed by atoms with Gasteiger partial charge in [0.2, 0.25) is 5.78 Å². The van der Waals surface area contributed by atoms with E-state index in [4.69, 9.17) is 5.73 Å². The van der Waals surface area contributed by atoms with Gasteiger partial charge in [0.1, 0.15) is 0 Å². The van der Waals surface area contributed by atoms with E-state index in [1.807, 2.05) is 0 Å². The van der Waals surface area contributed by atoms with Gasteiger partial charge in [0, 0.05) is 19.4 Å². The van der Waals surface area contributed by atoms with Gasteiger partial charge in [-0.25, -0.2) is 4.98 Å². The Bertz CT molecular complexity index is 249. The molecule has 0 aliphatic rings. The van der Waals surface area contributed by atoms with Gasteiger partial charge in [0.15, 0.2) is 5.82 Å². The van der Waals surface area contributed by atoms with E-state index in [-0.39, 0.29) is 37.1 Å². The minimum atomic E-state index is -0.132. The topological polar surface area (TPSA) is 60.9 Å². The number of hydrogen-bond donors (Lipinski definition) is 1. The van der Waals surface area contributed by atoms with E-state index in [9.17, 15) is 4.79 Å². The number of imidazole rings is 1. The van der Waals surface area contributed by atoms with Crippen LogP contribution in [0.15, 0.2) is 12.4 Å². The summed E-state index contributed by atoms with van der Waals surface area (Å²) in [6, 6.07) is 0. The van der Waals surface area contributed by atoms with Crippen LogP contribution in [0.5, 0.6) is 0 Å². The van der Waals surface area contributed by atoms with E-state index in [0.29, 0.717) is 5.82 Å². The van der Waals surface area contributed by atoms with Gasteiger partial charge in [0.25, 0.3) is 0 Å². The van der Waals surface area contributed by atoms with Crippen LogP contribution >= 0.6 is 24.8 Å². The van der Waals surface area contributed by atoms with Gasteiger partial charge < -0.3 is 10.3 Å². The fraction of sp³-hybridized carbons (Fsp3) is 0.333. The smallest absolute Gasteiger partial charge is 0.211 e. The minimum absolute atomic E-state index is 0. The van der Waals surface area contributed by atoms with E-state index in [0.717, 1.165) is 0 Å². The van der Waals surface area contributed by atoms with E-state index in [2.05, 4.69) is 4.98 Å². The number of ketones is 1. The van der Waals surface area contributed by atoms with Crippen LogP contribution in [0.3, 0.4) is 0 Å². The van der Waals surface area contributed by atoms with Crippen molar-refractivity contribution >= 4 is 30.6 Å². The van der Waals surface area contributed by atoms with E-state index in [1.165, 1.54) is 0 Å². The molecule has 0 atom stereocenters. The quantitative estimate of drug-likeness (QED) is 0.722. The van der Waals surface area contributed by atoms with Crippen LogP contribution in [0, 0.1) is 0 Å². The number of nitrogens with zero attached hydrogens (tertiary/aromatic N) is 2. The Balaban J connectivity index is 0. The molecule has 0 radical (unpaired) electrons. The molecule has 0 aliphatic heterocycles. The third kappa shape index (κ3) is 2.81. The average molecular weight is 212 g/mol. The monoisotopic (exact) mass is 211 g/mol. The van der Waals surface area contributed by atoms with Crippen LogP contribution in [-0.2, 0) is 7.05 Å². The Morgan fingerprint density at radius 2 is 2.25 bits per heavy atom. The highest BCUT2D eigenvalue weighted by Gasteiger charge is 2.06. The Hall–Kier alpha value is -0.580. The number of aryl methyl sites for hydroxylation is 1. The summed E-state index contributed by atoms with van der Waals surface area (Å²) in [5.74, 6) is 0.287. The van der Waals surface area contributed by atoms with Gasteiger partial charge in [-0.15, -0.1) is 24.8 Å². The van der Waals surface area contributed by atoms with Crippen molar-refractivity contribution in [1.82, 2.24) is 9.55 Å². The van der Waals surface area contributed by atoms with Gasteiger partial charge in [-0.2, -0.15) is 0 Å². The van der Waals surface area contributed by atoms with Crippen LogP contribution in [0.25, 0.3) is 0 Å². The Morgan fingerprint density at radius 1 is 1.67 bits per heavy atom. The first-order chi connectivity index (χ1) is 4.75. The van der Waals surface area contributed by atoms with E-state index in [1.54, 1.807) is 24.0 Å². The number of halogens is 2. The van der Waals surface area contributed by atoms with E-state index >= 15 is 0 Å². The molecule has 0 bridgehead atoms. The SMILES string of the molecule is Cl.Cl.Cn1ccnc1C(=O)CN. The standard InChI is InChI=1S/C6H9N3O.2ClH/c1-9-3-2-8-6(9)5(10)4-7;;/h2-3H,4,7H2,1H3;2*1H. The molecule has 0 amide bonds. The van der Waals surface area contributed by atoms with Crippen LogP contribution < -0.4 is 5.73 Å². The summed E-state index contributed by atoms with van der Waals surface area (Å²) in [6.45, 7) is 0.0187. The lowest BCUT2D eigenvalue weighted by atomic mass is 10.4. The van der Waals surface area contributed by atoms with Crippen LogP contribution in [0.4, 0.5) is 0 Å². The van der Waals surface area contributed by atoms with Gasteiger partial charge in [-0.1, -0.05) is 0 Å². The largest absolute Gasteiger partial charge is 0.332 e. The summed E-state index contributed by atoms with van der Waals surface area (Å²) in [6.07, 6.45) is 3.28. The molecule has 0 aromatic carbocycles. The highest BCUT2D eigenvalue weighted by Crippen LogP contribution is 1.93. The average Bonchev–Trinajstić information content (AvgIpc) is 2.34. The normalized spacial score (nSPS) is 8.17. The number of carbonyl (C=O) groups is 1. The fourth-order valence-corrected chi connectivity index (χ4v) is 0.726. The zero-order chi connectivity index (χ0) is 7.56. The molecule has 2 N–H and O–H groups in total. The number of hydrogen-bond acceptors (Lipinski definition) is 3. The molecule has 0 saturated heterocycles. The maximum Gasteiger partial charge on any atom is 0.211 e. The van der Waals surface area contributed by atoms with Crippen molar-refractivity contribution in [3.8, 4) is 0 Å². The van der Waals surface area contributed by atoms with Crippen molar-refractivity contribution in [2.75, 3.05) is 6.54 Å². The molecule has 1 heterocycles. The molecule has 12 heavy (non-hydrogen) atoms. The predicted molar refractivity (Wildman–Crippen MR) is 51.1 cm³/mol. The summed E-state index contributed by atoms with van der Waals surface area (Å²) in [5.41, 5.74) is 5.13. The van der Waals surface area contributed by atoms with Crippen molar-refractivity contribution in [3.63, 3.8) is 0 Å². The molecule has 0 spiro atoms. The third-order valence-electron chi connectivity index (χ3n) is 1.26. The minimum Gasteiger partial charge on any atom is -0.332 e. The van der Waals surface area contributed by atoms with Gasteiger partial charge >= 0.3 is 0 Å². The first kappa shape index (κ1) is 14.0. The van der Waals surface area contributed by atoms with Crippen LogP contribution in [0.2, 0.25) is 0 Å².